The minimum atomic E-state index is -0.441. The topological polar surface area (TPSA) is 32.3 Å². The summed E-state index contributed by atoms with van der Waals surface area (Å²) in [7, 11) is 0. The number of aliphatic hydroxyl groups excluding tert-OH is 1. The SMILES string of the molecule is CCSCCC(C)NCC(O)c1cccc(Br)c1. The molecule has 0 aromatic heterocycles. The van der Waals surface area contributed by atoms with E-state index in [1.165, 1.54) is 11.5 Å². The molecule has 1 aromatic carbocycles. The van der Waals surface area contributed by atoms with Crippen molar-refractivity contribution < 1.29 is 5.11 Å². The highest BCUT2D eigenvalue weighted by Gasteiger charge is 2.09. The molecule has 2 N–H and O–H groups in total. The third kappa shape index (κ3) is 6.23. The fourth-order valence-corrected chi connectivity index (χ4v) is 2.88. The molecule has 0 radical (unpaired) electrons. The van der Waals surface area contributed by atoms with Gasteiger partial charge in [0.2, 0.25) is 0 Å². The summed E-state index contributed by atoms with van der Waals surface area (Å²) in [5.41, 5.74) is 0.951. The summed E-state index contributed by atoms with van der Waals surface area (Å²) in [6, 6.07) is 8.28. The van der Waals surface area contributed by atoms with E-state index in [0.717, 1.165) is 16.5 Å². The van der Waals surface area contributed by atoms with Crippen molar-refractivity contribution in [3.05, 3.63) is 34.3 Å². The standard InChI is InChI=1S/C14H22BrNOS/c1-3-18-8-7-11(2)16-10-14(17)12-5-4-6-13(15)9-12/h4-6,9,11,14,16-17H,3,7-8,10H2,1-2H3. The Morgan fingerprint density at radius 2 is 2.22 bits per heavy atom. The Hall–Kier alpha value is -0.0300. The Morgan fingerprint density at radius 3 is 2.89 bits per heavy atom. The second kappa shape index (κ2) is 8.97. The zero-order valence-electron chi connectivity index (χ0n) is 11.0. The van der Waals surface area contributed by atoms with Gasteiger partial charge >= 0.3 is 0 Å². The lowest BCUT2D eigenvalue weighted by molar-refractivity contribution is 0.170. The maximum atomic E-state index is 10.1. The average Bonchev–Trinajstić information content (AvgIpc) is 2.36. The Balaban J connectivity index is 2.30. The van der Waals surface area contributed by atoms with Gasteiger partial charge in [-0.1, -0.05) is 35.0 Å². The molecule has 0 aliphatic carbocycles. The highest BCUT2D eigenvalue weighted by Crippen LogP contribution is 2.17. The number of hydrogen-bond acceptors (Lipinski definition) is 3. The predicted octanol–water partition coefficient (Wildman–Crippen LogP) is 3.60. The molecule has 0 saturated heterocycles. The van der Waals surface area contributed by atoms with Crippen LogP contribution in [0.2, 0.25) is 0 Å². The zero-order chi connectivity index (χ0) is 13.4. The first-order valence-electron chi connectivity index (χ1n) is 6.38. The minimum absolute atomic E-state index is 0.441. The van der Waals surface area contributed by atoms with Gasteiger partial charge in [-0.15, -0.1) is 0 Å². The molecule has 1 rings (SSSR count). The maximum Gasteiger partial charge on any atom is 0.0914 e. The molecule has 0 bridgehead atoms. The van der Waals surface area contributed by atoms with Gasteiger partial charge in [-0.2, -0.15) is 11.8 Å². The van der Waals surface area contributed by atoms with Crippen molar-refractivity contribution >= 4 is 27.7 Å². The highest BCUT2D eigenvalue weighted by atomic mass is 79.9. The van der Waals surface area contributed by atoms with Crippen LogP contribution in [0.4, 0.5) is 0 Å². The monoisotopic (exact) mass is 331 g/mol. The summed E-state index contributed by atoms with van der Waals surface area (Å²) in [4.78, 5) is 0. The number of nitrogens with one attached hydrogen (secondary N) is 1. The molecule has 0 heterocycles. The van der Waals surface area contributed by atoms with Crippen molar-refractivity contribution in [2.75, 3.05) is 18.1 Å². The molecular weight excluding hydrogens is 310 g/mol. The van der Waals surface area contributed by atoms with Crippen molar-refractivity contribution in [3.63, 3.8) is 0 Å². The van der Waals surface area contributed by atoms with Gasteiger partial charge in [-0.05, 0) is 42.5 Å². The van der Waals surface area contributed by atoms with E-state index in [9.17, 15) is 5.11 Å². The first-order chi connectivity index (χ1) is 8.63. The molecule has 0 spiro atoms. The smallest absolute Gasteiger partial charge is 0.0914 e. The fraction of sp³-hybridized carbons (Fsp3) is 0.571. The minimum Gasteiger partial charge on any atom is -0.387 e. The summed E-state index contributed by atoms with van der Waals surface area (Å²) >= 11 is 5.38. The van der Waals surface area contributed by atoms with Crippen LogP contribution in [0.3, 0.4) is 0 Å². The van der Waals surface area contributed by atoms with Gasteiger partial charge in [0.25, 0.3) is 0 Å². The molecule has 2 unspecified atom stereocenters. The zero-order valence-corrected chi connectivity index (χ0v) is 13.4. The number of benzene rings is 1. The van der Waals surface area contributed by atoms with Crippen molar-refractivity contribution in [1.82, 2.24) is 5.32 Å². The molecular formula is C14H22BrNOS. The lowest BCUT2D eigenvalue weighted by Crippen LogP contribution is -2.30. The lowest BCUT2D eigenvalue weighted by Gasteiger charge is -2.17. The van der Waals surface area contributed by atoms with Gasteiger partial charge in [0.1, 0.15) is 0 Å². The van der Waals surface area contributed by atoms with Gasteiger partial charge in [0.15, 0.2) is 0 Å². The van der Waals surface area contributed by atoms with Crippen LogP contribution in [0.1, 0.15) is 31.9 Å². The van der Waals surface area contributed by atoms with Crippen molar-refractivity contribution in [2.24, 2.45) is 0 Å². The highest BCUT2D eigenvalue weighted by molar-refractivity contribution is 9.10. The van der Waals surface area contributed by atoms with Crippen molar-refractivity contribution in [3.8, 4) is 0 Å². The molecule has 4 heteroatoms. The van der Waals surface area contributed by atoms with E-state index in [-0.39, 0.29) is 0 Å². The predicted molar refractivity (Wildman–Crippen MR) is 84.2 cm³/mol. The number of hydrogen-bond donors (Lipinski definition) is 2. The molecule has 2 nitrogen and oxygen atoms in total. The first kappa shape index (κ1) is 16.0. The Bertz CT molecular complexity index is 348. The Labute approximate surface area is 123 Å². The van der Waals surface area contributed by atoms with Crippen LogP contribution in [0, 0.1) is 0 Å². The summed E-state index contributed by atoms with van der Waals surface area (Å²) in [6.07, 6.45) is 0.702. The maximum absolute atomic E-state index is 10.1. The molecule has 1 aromatic rings. The van der Waals surface area contributed by atoms with Gasteiger partial charge in [-0.25, -0.2) is 0 Å². The normalized spacial score (nSPS) is 14.4. The number of rotatable bonds is 8. The lowest BCUT2D eigenvalue weighted by atomic mass is 10.1. The van der Waals surface area contributed by atoms with Gasteiger partial charge in [0.05, 0.1) is 6.10 Å². The van der Waals surface area contributed by atoms with E-state index in [0.29, 0.717) is 12.6 Å². The van der Waals surface area contributed by atoms with E-state index >= 15 is 0 Å². The molecule has 0 saturated carbocycles. The second-order valence-corrected chi connectivity index (χ2v) is 6.68. The molecule has 0 fully saturated rings. The summed E-state index contributed by atoms with van der Waals surface area (Å²) in [5, 5.41) is 13.5. The second-order valence-electron chi connectivity index (χ2n) is 4.37. The molecule has 18 heavy (non-hydrogen) atoms. The largest absolute Gasteiger partial charge is 0.387 e. The Kier molecular flexibility index (Phi) is 7.98. The van der Waals surface area contributed by atoms with E-state index < -0.39 is 6.10 Å². The van der Waals surface area contributed by atoms with E-state index in [1.54, 1.807) is 0 Å². The van der Waals surface area contributed by atoms with E-state index in [2.05, 4.69) is 35.1 Å². The third-order valence-electron chi connectivity index (χ3n) is 2.79. The van der Waals surface area contributed by atoms with Crippen LogP contribution >= 0.6 is 27.7 Å². The molecule has 0 aliphatic rings. The van der Waals surface area contributed by atoms with Crippen LogP contribution in [-0.4, -0.2) is 29.2 Å². The first-order valence-corrected chi connectivity index (χ1v) is 8.33. The molecule has 0 amide bonds. The number of thioether (sulfide) groups is 1. The van der Waals surface area contributed by atoms with Crippen LogP contribution < -0.4 is 5.32 Å². The molecule has 2 atom stereocenters. The van der Waals surface area contributed by atoms with E-state index in [4.69, 9.17) is 0 Å². The van der Waals surface area contributed by atoms with Gasteiger partial charge in [0, 0.05) is 17.1 Å². The fourth-order valence-electron chi connectivity index (χ4n) is 1.65. The number of aliphatic hydroxyl groups is 1. The summed E-state index contributed by atoms with van der Waals surface area (Å²) in [6.45, 7) is 4.96. The van der Waals surface area contributed by atoms with Crippen LogP contribution in [-0.2, 0) is 0 Å². The quantitative estimate of drug-likeness (QED) is 0.714. The average molecular weight is 332 g/mol. The van der Waals surface area contributed by atoms with Gasteiger partial charge in [-0.3, -0.25) is 0 Å². The summed E-state index contributed by atoms with van der Waals surface area (Å²) in [5.74, 6) is 2.35. The third-order valence-corrected chi connectivity index (χ3v) is 4.22. The van der Waals surface area contributed by atoms with Crippen molar-refractivity contribution in [2.45, 2.75) is 32.4 Å². The van der Waals surface area contributed by atoms with Crippen LogP contribution in [0.25, 0.3) is 0 Å². The van der Waals surface area contributed by atoms with E-state index in [1.807, 2.05) is 36.0 Å². The van der Waals surface area contributed by atoms with Crippen LogP contribution in [0.15, 0.2) is 28.7 Å². The summed E-state index contributed by atoms with van der Waals surface area (Å²) < 4.78 is 1.01. The molecule has 102 valence electrons. The van der Waals surface area contributed by atoms with Crippen molar-refractivity contribution in [1.29, 1.82) is 0 Å². The molecule has 0 aliphatic heterocycles. The number of halogens is 1. The van der Waals surface area contributed by atoms with Gasteiger partial charge < -0.3 is 10.4 Å². The van der Waals surface area contributed by atoms with Crippen LogP contribution in [0.5, 0.6) is 0 Å². The Morgan fingerprint density at radius 1 is 1.44 bits per heavy atom.